The van der Waals surface area contributed by atoms with Crippen LogP contribution in [0.25, 0.3) is 33.6 Å². The molecular weight excluding hydrogens is 373 g/mol. The lowest BCUT2D eigenvalue weighted by molar-refractivity contribution is 0.625. The highest BCUT2D eigenvalue weighted by atomic mass is 19.1. The Kier molecular flexibility index (Phi) is 4.75. The lowest BCUT2D eigenvalue weighted by Crippen LogP contribution is -2.34. The summed E-state index contributed by atoms with van der Waals surface area (Å²) in [5.74, 6) is 1.21. The molecule has 3 nitrogen and oxygen atoms in total. The molecule has 0 aliphatic heterocycles. The van der Waals surface area contributed by atoms with Gasteiger partial charge in [-0.2, -0.15) is 0 Å². The number of nitrogens with zero attached hydrogens (tertiary/aromatic N) is 2. The van der Waals surface area contributed by atoms with Crippen LogP contribution in [0, 0.1) is 5.82 Å². The fourth-order valence-corrected chi connectivity index (χ4v) is 4.15. The molecule has 148 valence electrons. The zero-order valence-electron chi connectivity index (χ0n) is 16.8. The van der Waals surface area contributed by atoms with E-state index < -0.39 is 0 Å². The number of anilines is 1. The molecule has 0 spiro atoms. The minimum Gasteiger partial charge on any atom is -0.343 e. The highest BCUT2D eigenvalue weighted by Gasteiger charge is 2.15. The summed E-state index contributed by atoms with van der Waals surface area (Å²) in [6, 6.07) is 23.0. The van der Waals surface area contributed by atoms with Gasteiger partial charge >= 0.3 is 0 Å². The van der Waals surface area contributed by atoms with Crippen LogP contribution in [-0.2, 0) is 0 Å². The van der Waals surface area contributed by atoms with E-state index in [9.17, 15) is 4.39 Å². The van der Waals surface area contributed by atoms with Gasteiger partial charge in [0, 0.05) is 21.9 Å². The van der Waals surface area contributed by atoms with Crippen molar-refractivity contribution in [2.24, 2.45) is 0 Å². The Labute approximate surface area is 174 Å². The van der Waals surface area contributed by atoms with Crippen LogP contribution < -0.4 is 15.8 Å². The van der Waals surface area contributed by atoms with Crippen LogP contribution in [0.15, 0.2) is 72.8 Å². The van der Waals surface area contributed by atoms with E-state index in [0.717, 1.165) is 57.7 Å². The third-order valence-corrected chi connectivity index (χ3v) is 5.70. The number of nitrogens with one attached hydrogen (secondary N) is 1. The number of fused-ring (bicyclic) bond motifs is 2. The number of hydrogen-bond acceptors (Lipinski definition) is 3. The average molecular weight is 395 g/mol. The molecule has 0 saturated carbocycles. The molecule has 3 aromatic carbocycles. The second-order valence-corrected chi connectivity index (χ2v) is 7.53. The molecule has 0 saturated heterocycles. The maximum absolute atomic E-state index is 14.1. The molecule has 0 radical (unpaired) electrons. The Hall–Kier alpha value is -3.53. The Morgan fingerprint density at radius 1 is 0.867 bits per heavy atom. The topological polar surface area (TPSA) is 37.8 Å². The quantitative estimate of drug-likeness (QED) is 0.528. The third kappa shape index (κ3) is 3.35. The van der Waals surface area contributed by atoms with Crippen LogP contribution in [0.2, 0.25) is 0 Å². The van der Waals surface area contributed by atoms with Crippen molar-refractivity contribution in [3.63, 3.8) is 0 Å². The number of halogens is 1. The fourth-order valence-electron chi connectivity index (χ4n) is 4.15. The molecule has 0 bridgehead atoms. The second-order valence-electron chi connectivity index (χ2n) is 7.53. The third-order valence-electron chi connectivity index (χ3n) is 5.70. The summed E-state index contributed by atoms with van der Waals surface area (Å²) in [7, 11) is 0. The zero-order chi connectivity index (χ0) is 20.5. The summed E-state index contributed by atoms with van der Waals surface area (Å²) < 4.78 is 14.1. The second kappa shape index (κ2) is 7.71. The summed E-state index contributed by atoms with van der Waals surface area (Å²) >= 11 is 0. The van der Waals surface area contributed by atoms with Crippen molar-refractivity contribution in [1.82, 2.24) is 9.97 Å². The molecule has 0 fully saturated rings. The number of rotatable bonds is 4. The summed E-state index contributed by atoms with van der Waals surface area (Å²) in [6.45, 7) is 2.16. The average Bonchev–Trinajstić information content (AvgIpc) is 2.80. The van der Waals surface area contributed by atoms with E-state index in [4.69, 9.17) is 9.97 Å². The summed E-state index contributed by atoms with van der Waals surface area (Å²) in [4.78, 5) is 9.61. The first-order valence-electron chi connectivity index (χ1n) is 10.3. The van der Waals surface area contributed by atoms with Gasteiger partial charge in [-0.15, -0.1) is 0 Å². The van der Waals surface area contributed by atoms with Gasteiger partial charge in [-0.1, -0.05) is 61.0 Å². The molecule has 1 aliphatic carbocycles. The van der Waals surface area contributed by atoms with Crippen molar-refractivity contribution in [3.8, 4) is 11.4 Å². The first kappa shape index (κ1) is 18.5. The van der Waals surface area contributed by atoms with Gasteiger partial charge in [0.25, 0.3) is 0 Å². The van der Waals surface area contributed by atoms with Gasteiger partial charge in [-0.3, -0.25) is 0 Å². The number of aromatic nitrogens is 2. The molecule has 30 heavy (non-hydrogen) atoms. The summed E-state index contributed by atoms with van der Waals surface area (Å²) in [6.07, 6.45) is 2.77. The zero-order valence-corrected chi connectivity index (χ0v) is 16.8. The predicted octanol–water partition coefficient (Wildman–Crippen LogP) is 5.01. The Morgan fingerprint density at radius 2 is 1.67 bits per heavy atom. The maximum Gasteiger partial charge on any atom is 0.162 e. The molecule has 1 heterocycles. The monoisotopic (exact) mass is 395 g/mol. The van der Waals surface area contributed by atoms with Crippen molar-refractivity contribution in [3.05, 3.63) is 89.1 Å². The lowest BCUT2D eigenvalue weighted by atomic mass is 9.95. The predicted molar refractivity (Wildman–Crippen MR) is 121 cm³/mol. The normalized spacial score (nSPS) is 13.4. The Balaban J connectivity index is 1.72. The molecule has 0 atom stereocenters. The molecule has 1 N–H and O–H groups in total. The van der Waals surface area contributed by atoms with Gasteiger partial charge in [0.15, 0.2) is 5.82 Å². The molecule has 4 heteroatoms. The largest absolute Gasteiger partial charge is 0.343 e. The van der Waals surface area contributed by atoms with E-state index in [1.54, 1.807) is 12.1 Å². The van der Waals surface area contributed by atoms with E-state index >= 15 is 0 Å². The standard InChI is InChI=1S/C26H22FN3/c1-2-17-12-15-24(22-16-19(27)13-14-20(17)22)29-26-21-10-6-7-11-23(21)28-25(30-26)18-8-4-3-5-9-18/h3-11,13-14,16H,2,12,15H2,1H3,(H,28,29,30). The molecule has 5 rings (SSSR count). The Morgan fingerprint density at radius 3 is 2.50 bits per heavy atom. The van der Waals surface area contributed by atoms with Crippen LogP contribution >= 0.6 is 0 Å². The van der Waals surface area contributed by atoms with Crippen molar-refractivity contribution in [1.29, 1.82) is 0 Å². The molecule has 0 unspecified atom stereocenters. The first-order valence-corrected chi connectivity index (χ1v) is 10.3. The maximum atomic E-state index is 14.1. The van der Waals surface area contributed by atoms with E-state index in [1.807, 2.05) is 60.7 Å². The molecule has 4 aromatic rings. The summed E-state index contributed by atoms with van der Waals surface area (Å²) in [5.41, 5.74) is 4.22. The summed E-state index contributed by atoms with van der Waals surface area (Å²) in [5, 5.41) is 6.57. The van der Waals surface area contributed by atoms with E-state index in [0.29, 0.717) is 5.82 Å². The first-order chi connectivity index (χ1) is 14.7. The van der Waals surface area contributed by atoms with Crippen LogP contribution in [-0.4, -0.2) is 9.97 Å². The minimum atomic E-state index is -0.220. The van der Waals surface area contributed by atoms with Gasteiger partial charge < -0.3 is 5.32 Å². The van der Waals surface area contributed by atoms with Crippen molar-refractivity contribution >= 4 is 28.0 Å². The van der Waals surface area contributed by atoms with Gasteiger partial charge in [0.05, 0.1) is 5.52 Å². The number of para-hydroxylation sites is 1. The SMILES string of the molecule is CCC1=c2ccc(F)cc2=C(Nc2nc(-c3ccccc3)nc3ccccc23)CC1. The van der Waals surface area contributed by atoms with E-state index in [1.165, 1.54) is 5.57 Å². The highest BCUT2D eigenvalue weighted by molar-refractivity contribution is 5.93. The smallest absolute Gasteiger partial charge is 0.162 e. The van der Waals surface area contributed by atoms with Gasteiger partial charge in [0.1, 0.15) is 11.6 Å². The van der Waals surface area contributed by atoms with Crippen LogP contribution in [0.1, 0.15) is 26.2 Å². The van der Waals surface area contributed by atoms with E-state index in [2.05, 4.69) is 12.2 Å². The molecule has 1 aromatic heterocycles. The van der Waals surface area contributed by atoms with Crippen LogP contribution in [0.3, 0.4) is 0 Å². The van der Waals surface area contributed by atoms with E-state index in [-0.39, 0.29) is 5.82 Å². The van der Waals surface area contributed by atoms with Crippen molar-refractivity contribution in [2.75, 3.05) is 5.32 Å². The van der Waals surface area contributed by atoms with Gasteiger partial charge in [-0.25, -0.2) is 14.4 Å². The lowest BCUT2D eigenvalue weighted by Gasteiger charge is -2.19. The molecule has 0 amide bonds. The fraction of sp³-hybridized carbons (Fsp3) is 0.154. The number of benzene rings is 3. The van der Waals surface area contributed by atoms with Crippen LogP contribution in [0.4, 0.5) is 10.2 Å². The Bertz CT molecular complexity index is 1360. The molecular formula is C26H22FN3. The highest BCUT2D eigenvalue weighted by Crippen LogP contribution is 2.27. The van der Waals surface area contributed by atoms with Gasteiger partial charge in [0.2, 0.25) is 0 Å². The van der Waals surface area contributed by atoms with Gasteiger partial charge in [-0.05, 0) is 48.7 Å². The van der Waals surface area contributed by atoms with Crippen LogP contribution in [0.5, 0.6) is 0 Å². The van der Waals surface area contributed by atoms with Crippen molar-refractivity contribution in [2.45, 2.75) is 26.2 Å². The number of hydrogen-bond donors (Lipinski definition) is 1. The minimum absolute atomic E-state index is 0.220. The molecule has 1 aliphatic rings. The van der Waals surface area contributed by atoms with Crippen molar-refractivity contribution < 1.29 is 4.39 Å².